The molecule has 0 amide bonds. The molecule has 0 aliphatic heterocycles. The predicted molar refractivity (Wildman–Crippen MR) is 104 cm³/mol. The molecule has 0 atom stereocenters. The molecule has 226 valence electrons. The van der Waals surface area contributed by atoms with Gasteiger partial charge in [-0.3, -0.25) is 0 Å². The lowest BCUT2D eigenvalue weighted by Gasteiger charge is -2.33. The van der Waals surface area contributed by atoms with E-state index in [0.29, 0.717) is 45.9 Å². The molecular weight excluding hydrogens is 646 g/mol. The Morgan fingerprint density at radius 1 is 0.325 bits per heavy atom. The molecule has 0 aliphatic rings. The Kier molecular flexibility index (Phi) is 8.78. The van der Waals surface area contributed by atoms with Crippen LogP contribution in [0.4, 0.5) is 79.0 Å². The van der Waals surface area contributed by atoms with Crippen molar-refractivity contribution in [3.8, 4) is 0 Å². The molecule has 0 nitrogen and oxygen atoms in total. The maximum absolute atomic E-state index is 13.9. The average Bonchev–Trinajstić information content (AvgIpc) is 2.81. The maximum Gasteiger partial charge on any atom is 0.460 e. The van der Waals surface area contributed by atoms with E-state index in [-0.39, 0.29) is 34.1 Å². The molecule has 0 aromatic heterocycles. The Balaban J connectivity index is 2.20. The summed E-state index contributed by atoms with van der Waals surface area (Å²) in [6.07, 6.45) is -14.1. The van der Waals surface area contributed by atoms with Gasteiger partial charge in [0, 0.05) is 20.9 Å². The quantitative estimate of drug-likeness (QED) is 0.195. The van der Waals surface area contributed by atoms with Gasteiger partial charge in [0.05, 0.1) is 0 Å². The monoisotopic (exact) mass is 654 g/mol. The van der Waals surface area contributed by atoms with Gasteiger partial charge in [-0.25, -0.2) is 0 Å². The molecule has 2 rings (SSSR count). The van der Waals surface area contributed by atoms with Gasteiger partial charge in [-0.15, -0.1) is 0 Å². The zero-order valence-electron chi connectivity index (χ0n) is 18.2. The second-order valence-corrected chi connectivity index (χ2v) is 9.93. The van der Waals surface area contributed by atoms with Crippen molar-refractivity contribution in [1.82, 2.24) is 0 Å². The minimum absolute atomic E-state index is 0.0792. The van der Waals surface area contributed by atoms with E-state index in [2.05, 4.69) is 0 Å². The van der Waals surface area contributed by atoms with E-state index in [1.165, 1.54) is 0 Å². The molecule has 0 saturated carbocycles. The van der Waals surface area contributed by atoms with Gasteiger partial charge in [-0.2, -0.15) is 79.0 Å². The lowest BCUT2D eigenvalue weighted by Crippen LogP contribution is -2.59. The van der Waals surface area contributed by atoms with Gasteiger partial charge in [0.2, 0.25) is 0 Å². The van der Waals surface area contributed by atoms with Crippen molar-refractivity contribution in [2.24, 2.45) is 0 Å². The second kappa shape index (κ2) is 10.3. The molecule has 0 unspecified atom stereocenters. The van der Waals surface area contributed by atoms with Gasteiger partial charge < -0.3 is 0 Å². The summed E-state index contributed by atoms with van der Waals surface area (Å²) in [5.74, 6) is -40.1. The highest BCUT2D eigenvalue weighted by Crippen LogP contribution is 2.58. The predicted octanol–water partition coefficient (Wildman–Crippen LogP) is 10.3. The number of alkyl halides is 18. The van der Waals surface area contributed by atoms with Crippen LogP contribution in [-0.4, -0.2) is 36.0 Å². The van der Waals surface area contributed by atoms with E-state index in [1.54, 1.807) is 0 Å². The van der Waals surface area contributed by atoms with Crippen LogP contribution < -0.4 is 0 Å². The Bertz CT molecular complexity index is 1070. The van der Waals surface area contributed by atoms with E-state index >= 15 is 0 Å². The third kappa shape index (κ3) is 5.53. The van der Waals surface area contributed by atoms with Crippen LogP contribution in [0.2, 0.25) is 0 Å². The highest BCUT2D eigenvalue weighted by molar-refractivity contribution is 8.76. The summed E-state index contributed by atoms with van der Waals surface area (Å²) < 4.78 is 235. The highest BCUT2D eigenvalue weighted by atomic mass is 33.1. The summed E-state index contributed by atoms with van der Waals surface area (Å²) in [4.78, 5) is -0.359. The van der Waals surface area contributed by atoms with Gasteiger partial charge >= 0.3 is 47.9 Å². The van der Waals surface area contributed by atoms with E-state index in [1.807, 2.05) is 0 Å². The number of hydrogen-bond donors (Lipinski definition) is 0. The number of rotatable bonds is 9. The Labute approximate surface area is 218 Å². The van der Waals surface area contributed by atoms with Crippen molar-refractivity contribution in [3.63, 3.8) is 0 Å². The van der Waals surface area contributed by atoms with Gasteiger partial charge in [0.25, 0.3) is 0 Å². The first-order valence-electron chi connectivity index (χ1n) is 9.62. The molecule has 40 heavy (non-hydrogen) atoms. The summed E-state index contributed by atoms with van der Waals surface area (Å²) >= 11 is 0. The van der Waals surface area contributed by atoms with Gasteiger partial charge in [0.1, 0.15) is 0 Å². The van der Waals surface area contributed by atoms with Gasteiger partial charge in [0.15, 0.2) is 0 Å². The minimum atomic E-state index is -7.12. The number of benzene rings is 2. The van der Waals surface area contributed by atoms with Crippen LogP contribution in [0, 0.1) is 0 Å². The van der Waals surface area contributed by atoms with Crippen molar-refractivity contribution in [2.45, 2.75) is 57.7 Å². The average molecular weight is 654 g/mol. The molecule has 0 bridgehead atoms. The van der Waals surface area contributed by atoms with Crippen molar-refractivity contribution in [2.75, 3.05) is 0 Å². The first-order chi connectivity index (χ1) is 17.7. The summed E-state index contributed by atoms with van der Waals surface area (Å²) in [6.45, 7) is 0. The molecule has 0 aliphatic carbocycles. The largest absolute Gasteiger partial charge is 0.460 e. The molecule has 0 N–H and O–H groups in total. The van der Waals surface area contributed by atoms with Crippen molar-refractivity contribution < 1.29 is 79.0 Å². The third-order valence-corrected chi connectivity index (χ3v) is 7.37. The van der Waals surface area contributed by atoms with E-state index in [0.717, 1.165) is 0 Å². The molecule has 0 heterocycles. The fourth-order valence-electron chi connectivity index (χ4n) is 2.65. The van der Waals surface area contributed by atoms with Crippen LogP contribution in [0.1, 0.15) is 11.1 Å². The number of halogens is 18. The second-order valence-electron chi connectivity index (χ2n) is 7.66. The van der Waals surface area contributed by atoms with E-state index in [4.69, 9.17) is 0 Å². The molecule has 0 saturated heterocycles. The molecule has 2 aromatic carbocycles. The van der Waals surface area contributed by atoms with Crippen LogP contribution in [0.15, 0.2) is 58.3 Å². The Morgan fingerprint density at radius 2 is 0.550 bits per heavy atom. The van der Waals surface area contributed by atoms with Crippen molar-refractivity contribution >= 4 is 21.6 Å². The molecule has 2 aromatic rings. The van der Waals surface area contributed by atoms with Crippen molar-refractivity contribution in [3.05, 3.63) is 59.7 Å². The first kappa shape index (κ1) is 34.1. The van der Waals surface area contributed by atoms with Gasteiger partial charge in [-0.05, 0) is 24.3 Å². The molecular formula is C20H8F18S2. The molecule has 0 fully saturated rings. The summed E-state index contributed by atoms with van der Waals surface area (Å²) in [5.41, 5.74) is -3.89. The minimum Gasteiger partial charge on any atom is -0.194 e. The Hall–Kier alpha value is -2.12. The standard InChI is InChI=1S/C20H8F18S2/c21-13(22,15(25,26)17(29,30)19(33,34)35)9-1-5-11(6-2-9)39-40-12-7-3-10(4-8-12)14(23,24)16(27,28)18(31,32)20(36,37)38/h1-8H. The first-order valence-corrected chi connectivity index (χ1v) is 11.8. The lowest BCUT2D eigenvalue weighted by molar-refractivity contribution is -0.399. The van der Waals surface area contributed by atoms with E-state index < -0.39 is 59.0 Å². The van der Waals surface area contributed by atoms with E-state index in [9.17, 15) is 79.0 Å². The molecule has 20 heteroatoms. The summed E-state index contributed by atoms with van der Waals surface area (Å²) in [5, 5.41) is 0. The van der Waals surface area contributed by atoms with Crippen LogP contribution in [0.3, 0.4) is 0 Å². The smallest absolute Gasteiger partial charge is 0.194 e. The fraction of sp³-hybridized carbons (Fsp3) is 0.400. The zero-order valence-corrected chi connectivity index (χ0v) is 19.9. The van der Waals surface area contributed by atoms with Crippen LogP contribution >= 0.6 is 21.6 Å². The SMILES string of the molecule is FC(F)(F)C(F)(F)C(F)(F)C(F)(F)c1ccc(SSc2ccc(C(F)(F)C(F)(F)C(F)(F)C(F)(F)F)cc2)cc1. The van der Waals surface area contributed by atoms with Crippen LogP contribution in [0.5, 0.6) is 0 Å². The summed E-state index contributed by atoms with van der Waals surface area (Å²) in [7, 11) is 0.977. The summed E-state index contributed by atoms with van der Waals surface area (Å²) in [6, 6.07) is 2.56. The van der Waals surface area contributed by atoms with Crippen LogP contribution in [-0.2, 0) is 11.8 Å². The highest BCUT2D eigenvalue weighted by Gasteiger charge is 2.83. The zero-order chi connectivity index (χ0) is 31.4. The maximum atomic E-state index is 13.9. The van der Waals surface area contributed by atoms with Crippen molar-refractivity contribution in [1.29, 1.82) is 0 Å². The normalized spacial score (nSPS) is 14.9. The third-order valence-electron chi connectivity index (χ3n) is 4.96. The van der Waals surface area contributed by atoms with Gasteiger partial charge in [-0.1, -0.05) is 45.9 Å². The Morgan fingerprint density at radius 3 is 0.750 bits per heavy atom. The molecule has 0 radical (unpaired) electrons. The van der Waals surface area contributed by atoms with Crippen LogP contribution in [0.25, 0.3) is 0 Å². The molecule has 0 spiro atoms. The fourth-order valence-corrected chi connectivity index (χ4v) is 4.58. The topological polar surface area (TPSA) is 0 Å². The number of hydrogen-bond acceptors (Lipinski definition) is 2. The lowest BCUT2D eigenvalue weighted by atomic mass is 9.97.